The molecule has 21 heavy (non-hydrogen) atoms. The summed E-state index contributed by atoms with van der Waals surface area (Å²) in [4.78, 5) is 10.9. The van der Waals surface area contributed by atoms with Crippen molar-refractivity contribution in [1.82, 2.24) is 0 Å². The number of carbonyl (C=O) groups is 1. The minimum absolute atomic E-state index is 0.216. The second kappa shape index (κ2) is 4.69. The molecule has 0 heterocycles. The lowest BCUT2D eigenvalue weighted by Gasteiger charge is -2.42. The van der Waals surface area contributed by atoms with Crippen molar-refractivity contribution < 1.29 is 4.79 Å². The number of hydrogen-bond acceptors (Lipinski definition) is 1. The van der Waals surface area contributed by atoms with Crippen molar-refractivity contribution in [3.63, 3.8) is 0 Å². The van der Waals surface area contributed by atoms with Gasteiger partial charge in [0.1, 0.15) is 6.29 Å². The van der Waals surface area contributed by atoms with Gasteiger partial charge in [-0.3, -0.25) is 0 Å². The maximum atomic E-state index is 10.9. The summed E-state index contributed by atoms with van der Waals surface area (Å²) >= 11 is 0. The van der Waals surface area contributed by atoms with Crippen LogP contribution in [-0.2, 0) is 22.0 Å². The van der Waals surface area contributed by atoms with E-state index in [0.29, 0.717) is 6.42 Å². The second-order valence-corrected chi connectivity index (χ2v) is 7.67. The number of hydrogen-bond donors (Lipinski definition) is 0. The molecule has 0 radical (unpaired) electrons. The molecule has 0 atom stereocenters. The van der Waals surface area contributed by atoms with Crippen LogP contribution in [0.15, 0.2) is 30.3 Å². The van der Waals surface area contributed by atoms with Gasteiger partial charge in [-0.1, -0.05) is 58.0 Å². The average Bonchev–Trinajstić information content (AvgIpc) is 2.44. The molecule has 0 amide bonds. The van der Waals surface area contributed by atoms with Gasteiger partial charge in [-0.05, 0) is 51.1 Å². The third-order valence-electron chi connectivity index (χ3n) is 5.25. The first-order valence-electron chi connectivity index (χ1n) is 7.85. The van der Waals surface area contributed by atoms with Crippen LogP contribution in [0, 0.1) is 0 Å². The first kappa shape index (κ1) is 14.3. The van der Waals surface area contributed by atoms with Gasteiger partial charge in [-0.2, -0.15) is 0 Å². The summed E-state index contributed by atoms with van der Waals surface area (Å²) in [7, 11) is 0. The molecule has 1 aliphatic rings. The summed E-state index contributed by atoms with van der Waals surface area (Å²) in [6, 6.07) is 11.0. The molecular formula is C20H24O. The Kier molecular flexibility index (Phi) is 3.20. The third kappa shape index (κ3) is 2.29. The number of rotatable bonds is 2. The molecule has 0 aromatic heterocycles. The highest BCUT2D eigenvalue weighted by Gasteiger charge is 2.37. The van der Waals surface area contributed by atoms with Crippen LogP contribution in [0.5, 0.6) is 0 Å². The monoisotopic (exact) mass is 280 g/mol. The van der Waals surface area contributed by atoms with Gasteiger partial charge in [0.2, 0.25) is 0 Å². The van der Waals surface area contributed by atoms with Crippen LogP contribution in [0.4, 0.5) is 0 Å². The molecule has 0 saturated carbocycles. The first-order valence-corrected chi connectivity index (χ1v) is 7.85. The fraction of sp³-hybridized carbons (Fsp3) is 0.450. The van der Waals surface area contributed by atoms with E-state index >= 15 is 0 Å². The van der Waals surface area contributed by atoms with E-state index in [4.69, 9.17) is 0 Å². The van der Waals surface area contributed by atoms with Crippen LogP contribution in [0.2, 0.25) is 0 Å². The highest BCUT2D eigenvalue weighted by Crippen LogP contribution is 2.47. The standard InChI is InChI=1S/C20H24O/c1-19(2)9-10-20(3,4)18-13-16-14(8-11-21)6-5-7-15(16)12-17(18)19/h5-7,11-13H,8-10H2,1-4H3. The zero-order chi connectivity index (χ0) is 15.3. The average molecular weight is 280 g/mol. The maximum absolute atomic E-state index is 10.9. The highest BCUT2D eigenvalue weighted by molar-refractivity contribution is 5.89. The molecule has 0 aliphatic heterocycles. The van der Waals surface area contributed by atoms with Crippen molar-refractivity contribution >= 4 is 17.1 Å². The Morgan fingerprint density at radius 2 is 1.62 bits per heavy atom. The molecule has 3 rings (SSSR count). The molecule has 0 unspecified atom stereocenters. The van der Waals surface area contributed by atoms with E-state index < -0.39 is 0 Å². The van der Waals surface area contributed by atoms with Crippen LogP contribution in [-0.4, -0.2) is 6.29 Å². The Morgan fingerprint density at radius 1 is 1.00 bits per heavy atom. The summed E-state index contributed by atoms with van der Waals surface area (Å²) in [5.74, 6) is 0. The van der Waals surface area contributed by atoms with Gasteiger partial charge in [0.15, 0.2) is 0 Å². The molecule has 1 heteroatoms. The molecule has 1 aliphatic carbocycles. The predicted octanol–water partition coefficient (Wildman–Crippen LogP) is 4.93. The molecule has 0 N–H and O–H groups in total. The van der Waals surface area contributed by atoms with E-state index in [-0.39, 0.29) is 10.8 Å². The Bertz CT molecular complexity index is 707. The largest absolute Gasteiger partial charge is 0.303 e. The zero-order valence-electron chi connectivity index (χ0n) is 13.5. The fourth-order valence-corrected chi connectivity index (χ4v) is 3.67. The van der Waals surface area contributed by atoms with Gasteiger partial charge in [0, 0.05) is 6.42 Å². The van der Waals surface area contributed by atoms with Crippen molar-refractivity contribution in [2.75, 3.05) is 0 Å². The van der Waals surface area contributed by atoms with Crippen LogP contribution in [0.25, 0.3) is 10.8 Å². The fourth-order valence-electron chi connectivity index (χ4n) is 3.67. The molecule has 0 bridgehead atoms. The van der Waals surface area contributed by atoms with Crippen molar-refractivity contribution in [3.8, 4) is 0 Å². The van der Waals surface area contributed by atoms with Gasteiger partial charge in [-0.15, -0.1) is 0 Å². The van der Waals surface area contributed by atoms with Crippen molar-refractivity contribution in [2.24, 2.45) is 0 Å². The summed E-state index contributed by atoms with van der Waals surface area (Å²) in [6.45, 7) is 9.38. The summed E-state index contributed by atoms with van der Waals surface area (Å²) in [6.07, 6.45) is 3.95. The van der Waals surface area contributed by atoms with Crippen LogP contribution >= 0.6 is 0 Å². The lowest BCUT2D eigenvalue weighted by Crippen LogP contribution is -2.33. The lowest BCUT2D eigenvalue weighted by molar-refractivity contribution is -0.107. The molecule has 1 nitrogen and oxygen atoms in total. The van der Waals surface area contributed by atoms with Crippen molar-refractivity contribution in [3.05, 3.63) is 47.0 Å². The van der Waals surface area contributed by atoms with Gasteiger partial charge < -0.3 is 4.79 Å². The van der Waals surface area contributed by atoms with E-state index in [1.807, 2.05) is 0 Å². The van der Waals surface area contributed by atoms with Crippen LogP contribution in [0.1, 0.15) is 57.2 Å². The zero-order valence-corrected chi connectivity index (χ0v) is 13.5. The molecule has 110 valence electrons. The predicted molar refractivity (Wildman–Crippen MR) is 89.0 cm³/mol. The van der Waals surface area contributed by atoms with E-state index in [2.05, 4.69) is 58.0 Å². The van der Waals surface area contributed by atoms with Crippen molar-refractivity contribution in [2.45, 2.75) is 57.8 Å². The third-order valence-corrected chi connectivity index (χ3v) is 5.25. The Balaban J connectivity index is 2.33. The smallest absolute Gasteiger partial charge is 0.124 e. The van der Waals surface area contributed by atoms with E-state index in [9.17, 15) is 4.79 Å². The SMILES string of the molecule is CC1(C)CCC(C)(C)c2cc3c(CC=O)cccc3cc21. The van der Waals surface area contributed by atoms with Crippen molar-refractivity contribution in [1.29, 1.82) is 0 Å². The van der Waals surface area contributed by atoms with E-state index in [1.165, 1.54) is 34.7 Å². The van der Waals surface area contributed by atoms with Gasteiger partial charge in [0.05, 0.1) is 0 Å². The summed E-state index contributed by atoms with van der Waals surface area (Å²) in [5.41, 5.74) is 4.54. The normalized spacial score (nSPS) is 19.2. The minimum Gasteiger partial charge on any atom is -0.303 e. The summed E-state index contributed by atoms with van der Waals surface area (Å²) < 4.78 is 0. The van der Waals surface area contributed by atoms with Gasteiger partial charge in [0.25, 0.3) is 0 Å². The molecule has 0 fully saturated rings. The quantitative estimate of drug-likeness (QED) is 0.713. The van der Waals surface area contributed by atoms with Gasteiger partial charge in [-0.25, -0.2) is 0 Å². The number of carbonyl (C=O) groups excluding carboxylic acids is 1. The Morgan fingerprint density at radius 3 is 2.24 bits per heavy atom. The molecule has 0 saturated heterocycles. The number of fused-ring (bicyclic) bond motifs is 2. The minimum atomic E-state index is 0.216. The highest BCUT2D eigenvalue weighted by atomic mass is 16.1. The lowest BCUT2D eigenvalue weighted by atomic mass is 9.62. The van der Waals surface area contributed by atoms with Gasteiger partial charge >= 0.3 is 0 Å². The second-order valence-electron chi connectivity index (χ2n) is 7.67. The Labute approximate surface area is 127 Å². The molecule has 2 aromatic rings. The summed E-state index contributed by atoms with van der Waals surface area (Å²) in [5, 5.41) is 2.51. The topological polar surface area (TPSA) is 17.1 Å². The molecule has 2 aromatic carbocycles. The number of aldehydes is 1. The maximum Gasteiger partial charge on any atom is 0.124 e. The van der Waals surface area contributed by atoms with E-state index in [1.54, 1.807) is 0 Å². The number of benzene rings is 2. The van der Waals surface area contributed by atoms with Crippen LogP contribution in [0.3, 0.4) is 0 Å². The first-order chi connectivity index (χ1) is 9.85. The van der Waals surface area contributed by atoms with E-state index in [0.717, 1.165) is 11.8 Å². The molecule has 0 spiro atoms. The molecular weight excluding hydrogens is 256 g/mol. The Hall–Kier alpha value is -1.63. The van der Waals surface area contributed by atoms with Crippen LogP contribution < -0.4 is 0 Å².